The van der Waals surface area contributed by atoms with Crippen LogP contribution in [0.5, 0.6) is 0 Å². The maximum absolute atomic E-state index is 10.7. The van der Waals surface area contributed by atoms with Gasteiger partial charge in [0.2, 0.25) is 0 Å². The zero-order valence-electron chi connectivity index (χ0n) is 6.39. The molecule has 0 aromatic rings. The Hall–Kier alpha value is -1.40. The molecule has 0 atom stereocenters. The van der Waals surface area contributed by atoms with Crippen LogP contribution in [-0.2, 0) is 9.59 Å². The third-order valence-electron chi connectivity index (χ3n) is 1.13. The Labute approximate surface area is 68.2 Å². The number of hydroxylamine groups is 2. The van der Waals surface area contributed by atoms with Crippen molar-refractivity contribution in [2.75, 3.05) is 0 Å². The van der Waals surface area contributed by atoms with Crippen LogP contribution in [0.3, 0.4) is 0 Å². The minimum absolute atomic E-state index is 0.114. The fourth-order valence-corrected chi connectivity index (χ4v) is 0.593. The molecule has 0 radical (unpaired) electrons. The van der Waals surface area contributed by atoms with Crippen LogP contribution in [-0.4, -0.2) is 32.6 Å². The van der Waals surface area contributed by atoms with Gasteiger partial charge in [-0.2, -0.15) is 0 Å². The predicted octanol–water partition coefficient (Wildman–Crippen LogP) is 0.0144. The lowest BCUT2D eigenvalue weighted by Crippen LogP contribution is -2.25. The number of carboxylic acids is 1. The quantitative estimate of drug-likeness (QED) is 0.319. The summed E-state index contributed by atoms with van der Waals surface area (Å²) < 4.78 is 0. The average molecular weight is 175 g/mol. The molecule has 0 saturated heterocycles. The molecule has 0 fully saturated rings. The molecule has 3 N–H and O–H groups in total. The summed E-state index contributed by atoms with van der Waals surface area (Å²) in [6.45, 7) is 1.52. The zero-order valence-corrected chi connectivity index (χ0v) is 6.39. The number of hydrogen-bond donors (Lipinski definition) is 3. The Morgan fingerprint density at radius 1 is 1.42 bits per heavy atom. The first-order chi connectivity index (χ1) is 5.49. The van der Waals surface area contributed by atoms with Crippen molar-refractivity contribution in [3.05, 3.63) is 11.6 Å². The van der Waals surface area contributed by atoms with E-state index in [4.69, 9.17) is 15.5 Å². The van der Waals surface area contributed by atoms with Gasteiger partial charge in [-0.25, -0.2) is 4.79 Å². The fourth-order valence-electron chi connectivity index (χ4n) is 0.593. The van der Waals surface area contributed by atoms with Crippen LogP contribution in [0, 0.1) is 0 Å². The van der Waals surface area contributed by atoms with Gasteiger partial charge in [0.25, 0.3) is 5.91 Å². The number of hydrogen-bond acceptors (Lipinski definition) is 4. The van der Waals surface area contributed by atoms with Crippen LogP contribution in [0.2, 0.25) is 0 Å². The summed E-state index contributed by atoms with van der Waals surface area (Å²) in [5.74, 6) is -2.44. The van der Waals surface area contributed by atoms with Crippen molar-refractivity contribution >= 4 is 11.9 Å². The lowest BCUT2D eigenvalue weighted by Gasteiger charge is -2.06. The average Bonchev–Trinajstić information content (AvgIpc) is 1.98. The van der Waals surface area contributed by atoms with E-state index in [-0.39, 0.29) is 12.0 Å². The van der Waals surface area contributed by atoms with E-state index in [1.165, 1.54) is 6.92 Å². The van der Waals surface area contributed by atoms with Crippen molar-refractivity contribution in [2.45, 2.75) is 13.3 Å². The topological polar surface area (TPSA) is 98.1 Å². The lowest BCUT2D eigenvalue weighted by atomic mass is 10.2. The molecule has 1 amide bonds. The van der Waals surface area contributed by atoms with E-state index in [0.717, 1.165) is 0 Å². The molecular weight excluding hydrogens is 166 g/mol. The molecule has 68 valence electrons. The van der Waals surface area contributed by atoms with E-state index in [0.29, 0.717) is 6.08 Å². The smallest absolute Gasteiger partial charge is 0.328 e. The second-order valence-corrected chi connectivity index (χ2v) is 1.96. The Balaban J connectivity index is 4.56. The molecule has 0 bridgehead atoms. The second-order valence-electron chi connectivity index (χ2n) is 1.96. The number of carboxylic acid groups (broad SMARTS) is 1. The minimum Gasteiger partial charge on any atom is -0.478 e. The van der Waals surface area contributed by atoms with Crippen molar-refractivity contribution < 1.29 is 25.1 Å². The van der Waals surface area contributed by atoms with Crippen LogP contribution >= 0.6 is 0 Å². The third-order valence-corrected chi connectivity index (χ3v) is 1.13. The number of carbonyl (C=O) groups is 2. The third kappa shape index (κ3) is 3.13. The number of amides is 1. The largest absolute Gasteiger partial charge is 0.478 e. The minimum atomic E-state index is -1.30. The summed E-state index contributed by atoms with van der Waals surface area (Å²) in [5.41, 5.74) is -0.187. The first-order valence-electron chi connectivity index (χ1n) is 3.14. The predicted molar refractivity (Wildman–Crippen MR) is 36.4 cm³/mol. The van der Waals surface area contributed by atoms with Gasteiger partial charge >= 0.3 is 5.97 Å². The fraction of sp³-hybridized carbons (Fsp3) is 0.333. The highest BCUT2D eigenvalue weighted by Crippen LogP contribution is 2.03. The molecule has 0 spiro atoms. The normalized spacial score (nSPS) is 11.1. The van der Waals surface area contributed by atoms with E-state index in [1.807, 2.05) is 0 Å². The molecular formula is C6H9NO5. The van der Waals surface area contributed by atoms with Gasteiger partial charge in [-0.05, 0) is 6.42 Å². The van der Waals surface area contributed by atoms with E-state index in [1.54, 1.807) is 0 Å². The van der Waals surface area contributed by atoms with Crippen molar-refractivity contribution in [3.63, 3.8) is 0 Å². The van der Waals surface area contributed by atoms with Gasteiger partial charge in [0, 0.05) is 11.6 Å². The first kappa shape index (κ1) is 10.6. The monoisotopic (exact) mass is 175 g/mol. The summed E-state index contributed by atoms with van der Waals surface area (Å²) in [4.78, 5) is 20.8. The first-order valence-corrected chi connectivity index (χ1v) is 3.14. The zero-order chi connectivity index (χ0) is 9.72. The highest BCUT2D eigenvalue weighted by Gasteiger charge is 2.13. The van der Waals surface area contributed by atoms with Crippen LogP contribution in [0.15, 0.2) is 11.6 Å². The van der Waals surface area contributed by atoms with E-state index < -0.39 is 17.1 Å². The molecule has 0 unspecified atom stereocenters. The van der Waals surface area contributed by atoms with Crippen LogP contribution in [0.25, 0.3) is 0 Å². The SMILES string of the molecule is CC/C(=C/C(=O)O)C(=O)N(O)O. The van der Waals surface area contributed by atoms with Crippen molar-refractivity contribution in [2.24, 2.45) is 0 Å². The van der Waals surface area contributed by atoms with Crippen LogP contribution in [0.1, 0.15) is 13.3 Å². The van der Waals surface area contributed by atoms with Gasteiger partial charge in [0.1, 0.15) is 0 Å². The standard InChI is InChI=1S/C6H9NO5/c1-2-4(3-5(8)9)6(10)7(11)12/h3,11-12H,2H2,1H3,(H,8,9)/b4-3-. The van der Waals surface area contributed by atoms with Gasteiger partial charge in [0.05, 0.1) is 0 Å². The maximum Gasteiger partial charge on any atom is 0.328 e. The van der Waals surface area contributed by atoms with Crippen molar-refractivity contribution in [1.29, 1.82) is 0 Å². The molecule has 12 heavy (non-hydrogen) atoms. The lowest BCUT2D eigenvalue weighted by molar-refractivity contribution is -0.281. The molecule has 0 aliphatic rings. The maximum atomic E-state index is 10.7. The highest BCUT2D eigenvalue weighted by molar-refractivity contribution is 5.97. The Morgan fingerprint density at radius 2 is 1.92 bits per heavy atom. The number of aliphatic carboxylic acids is 1. The summed E-state index contributed by atoms with van der Waals surface area (Å²) in [6.07, 6.45) is 0.741. The Morgan fingerprint density at radius 3 is 2.17 bits per heavy atom. The molecule has 0 rings (SSSR count). The summed E-state index contributed by atoms with van der Waals surface area (Å²) >= 11 is 0. The van der Waals surface area contributed by atoms with Crippen molar-refractivity contribution in [1.82, 2.24) is 5.23 Å². The van der Waals surface area contributed by atoms with Gasteiger partial charge in [0.15, 0.2) is 0 Å². The van der Waals surface area contributed by atoms with Gasteiger partial charge in [-0.3, -0.25) is 15.2 Å². The number of rotatable bonds is 3. The summed E-state index contributed by atoms with van der Waals surface area (Å²) in [6, 6.07) is 0. The van der Waals surface area contributed by atoms with Crippen molar-refractivity contribution in [3.8, 4) is 0 Å². The molecule has 6 nitrogen and oxygen atoms in total. The molecule has 6 heteroatoms. The van der Waals surface area contributed by atoms with Crippen LogP contribution in [0.4, 0.5) is 0 Å². The van der Waals surface area contributed by atoms with E-state index in [9.17, 15) is 9.59 Å². The van der Waals surface area contributed by atoms with Gasteiger partial charge in [-0.15, -0.1) is 0 Å². The number of carbonyl (C=O) groups excluding carboxylic acids is 1. The Kier molecular flexibility index (Phi) is 3.95. The molecule has 0 aliphatic heterocycles. The van der Waals surface area contributed by atoms with Gasteiger partial charge < -0.3 is 5.11 Å². The molecule has 0 aromatic carbocycles. The Bertz CT molecular complexity index is 220. The van der Waals surface area contributed by atoms with E-state index in [2.05, 4.69) is 0 Å². The number of nitrogens with zero attached hydrogens (tertiary/aromatic N) is 1. The van der Waals surface area contributed by atoms with E-state index >= 15 is 0 Å². The van der Waals surface area contributed by atoms with Gasteiger partial charge in [-0.1, -0.05) is 12.2 Å². The summed E-state index contributed by atoms with van der Waals surface area (Å²) in [5, 5.41) is 24.1. The molecule has 0 aliphatic carbocycles. The van der Waals surface area contributed by atoms with Crippen LogP contribution < -0.4 is 0 Å². The highest BCUT2D eigenvalue weighted by atomic mass is 16.8. The second kappa shape index (κ2) is 4.47. The molecule has 0 saturated carbocycles. The molecule has 0 heterocycles. The molecule has 0 aromatic heterocycles. The summed E-state index contributed by atoms with van der Waals surface area (Å²) in [7, 11) is 0.